The van der Waals surface area contributed by atoms with Gasteiger partial charge in [-0.25, -0.2) is 4.79 Å². The van der Waals surface area contributed by atoms with Gasteiger partial charge in [-0.3, -0.25) is 4.79 Å². The zero-order valence-corrected chi connectivity index (χ0v) is 16.9. The number of carbonyl (C=O) groups excluding carboxylic acids is 2. The van der Waals surface area contributed by atoms with Crippen LogP contribution >= 0.6 is 0 Å². The molecule has 0 unspecified atom stereocenters. The summed E-state index contributed by atoms with van der Waals surface area (Å²) in [5.41, 5.74) is 8.01. The lowest BCUT2D eigenvalue weighted by molar-refractivity contribution is -0.135. The number of amides is 1. The van der Waals surface area contributed by atoms with E-state index >= 15 is 0 Å². The molecule has 154 valence electrons. The number of nitrogens with two attached hydrogens (primary N) is 1. The first kappa shape index (κ1) is 20.0. The highest BCUT2D eigenvalue weighted by Crippen LogP contribution is 2.24. The largest absolute Gasteiger partial charge is 0.452 e. The minimum absolute atomic E-state index is 0.152. The number of rotatable bonds is 5. The summed E-state index contributed by atoms with van der Waals surface area (Å²) in [6, 6.07) is 21.6. The van der Waals surface area contributed by atoms with Crippen LogP contribution < -0.4 is 5.73 Å². The zero-order chi connectivity index (χ0) is 20.9. The SMILES string of the molecule is Nc1cc2ccccc2cc1C(=O)OCC(=O)N1CCC(Cc2ccccc2)CC1. The molecule has 0 radical (unpaired) electrons. The molecule has 1 amide bonds. The fourth-order valence-electron chi connectivity index (χ4n) is 4.06. The second kappa shape index (κ2) is 8.99. The number of nitrogen functional groups attached to an aromatic ring is 1. The fraction of sp³-hybridized carbons (Fsp3) is 0.280. The zero-order valence-electron chi connectivity index (χ0n) is 16.9. The number of esters is 1. The normalized spacial score (nSPS) is 14.6. The van der Waals surface area contributed by atoms with Crippen LogP contribution in [0.15, 0.2) is 66.7 Å². The van der Waals surface area contributed by atoms with Crippen molar-refractivity contribution in [3.63, 3.8) is 0 Å². The van der Waals surface area contributed by atoms with Crippen molar-refractivity contribution < 1.29 is 14.3 Å². The molecule has 1 aliphatic heterocycles. The highest BCUT2D eigenvalue weighted by molar-refractivity contribution is 6.01. The van der Waals surface area contributed by atoms with Crippen LogP contribution in [0, 0.1) is 5.92 Å². The number of likely N-dealkylation sites (tertiary alicyclic amines) is 1. The molecule has 5 heteroatoms. The van der Waals surface area contributed by atoms with Crippen LogP contribution in [0.3, 0.4) is 0 Å². The minimum atomic E-state index is -0.564. The minimum Gasteiger partial charge on any atom is -0.452 e. The summed E-state index contributed by atoms with van der Waals surface area (Å²) in [4.78, 5) is 26.8. The van der Waals surface area contributed by atoms with Crippen molar-refractivity contribution in [1.29, 1.82) is 0 Å². The summed E-state index contributed by atoms with van der Waals surface area (Å²) in [6.45, 7) is 1.15. The lowest BCUT2D eigenvalue weighted by Gasteiger charge is -2.32. The Labute approximate surface area is 176 Å². The molecule has 0 atom stereocenters. The Balaban J connectivity index is 1.29. The smallest absolute Gasteiger partial charge is 0.340 e. The summed E-state index contributed by atoms with van der Waals surface area (Å²) in [5, 5.41) is 1.87. The molecule has 0 bridgehead atoms. The van der Waals surface area contributed by atoms with Gasteiger partial charge in [-0.2, -0.15) is 0 Å². The van der Waals surface area contributed by atoms with Crippen molar-refractivity contribution in [3.8, 4) is 0 Å². The van der Waals surface area contributed by atoms with Gasteiger partial charge in [-0.1, -0.05) is 54.6 Å². The molecular weight excluding hydrogens is 376 g/mol. The third kappa shape index (κ3) is 4.62. The molecule has 0 spiro atoms. The van der Waals surface area contributed by atoms with Crippen molar-refractivity contribution in [3.05, 3.63) is 77.9 Å². The number of hydrogen-bond acceptors (Lipinski definition) is 4. The molecule has 1 fully saturated rings. The maximum absolute atomic E-state index is 12.5. The third-order valence-corrected chi connectivity index (χ3v) is 5.80. The Morgan fingerprint density at radius 3 is 2.27 bits per heavy atom. The van der Waals surface area contributed by atoms with Crippen molar-refractivity contribution in [2.75, 3.05) is 25.4 Å². The average molecular weight is 402 g/mol. The summed E-state index contributed by atoms with van der Waals surface area (Å²) >= 11 is 0. The fourth-order valence-corrected chi connectivity index (χ4v) is 4.06. The van der Waals surface area contributed by atoms with Crippen LogP contribution in [0.2, 0.25) is 0 Å². The summed E-state index contributed by atoms with van der Waals surface area (Å²) in [7, 11) is 0. The standard InChI is InChI=1S/C25H26N2O3/c26-23-16-21-9-5-4-8-20(21)15-22(23)25(29)30-17-24(28)27-12-10-19(11-13-27)14-18-6-2-1-3-7-18/h1-9,15-16,19H,10-14,17,26H2. The first-order valence-electron chi connectivity index (χ1n) is 10.4. The lowest BCUT2D eigenvalue weighted by atomic mass is 9.90. The van der Waals surface area contributed by atoms with E-state index in [1.54, 1.807) is 17.0 Å². The average Bonchev–Trinajstić information content (AvgIpc) is 2.78. The van der Waals surface area contributed by atoms with E-state index < -0.39 is 5.97 Å². The van der Waals surface area contributed by atoms with Gasteiger partial charge in [0.1, 0.15) is 0 Å². The number of nitrogens with zero attached hydrogens (tertiary/aromatic N) is 1. The summed E-state index contributed by atoms with van der Waals surface area (Å²) < 4.78 is 5.29. The molecule has 1 saturated heterocycles. The number of anilines is 1. The molecular formula is C25H26N2O3. The number of ether oxygens (including phenoxy) is 1. The molecule has 30 heavy (non-hydrogen) atoms. The Bertz CT molecular complexity index is 1040. The topological polar surface area (TPSA) is 72.6 Å². The first-order valence-corrected chi connectivity index (χ1v) is 10.4. The summed E-state index contributed by atoms with van der Waals surface area (Å²) in [5.74, 6) is -0.136. The van der Waals surface area contributed by atoms with Crippen LogP contribution in [0.25, 0.3) is 10.8 Å². The Morgan fingerprint density at radius 1 is 0.933 bits per heavy atom. The van der Waals surface area contributed by atoms with E-state index in [2.05, 4.69) is 24.3 Å². The maximum atomic E-state index is 12.5. The van der Waals surface area contributed by atoms with Crippen LogP contribution in [0.4, 0.5) is 5.69 Å². The van der Waals surface area contributed by atoms with Crippen LogP contribution in [0.5, 0.6) is 0 Å². The van der Waals surface area contributed by atoms with Crippen LogP contribution in [-0.4, -0.2) is 36.5 Å². The predicted molar refractivity (Wildman–Crippen MR) is 118 cm³/mol. The van der Waals surface area contributed by atoms with E-state index in [0.29, 0.717) is 30.3 Å². The second-order valence-corrected chi connectivity index (χ2v) is 7.88. The van der Waals surface area contributed by atoms with Crippen molar-refractivity contribution in [1.82, 2.24) is 4.90 Å². The third-order valence-electron chi connectivity index (χ3n) is 5.80. The van der Waals surface area contributed by atoms with E-state index in [1.807, 2.05) is 30.3 Å². The number of hydrogen-bond donors (Lipinski definition) is 1. The molecule has 5 nitrogen and oxygen atoms in total. The number of carbonyl (C=O) groups is 2. The van der Waals surface area contributed by atoms with E-state index in [4.69, 9.17) is 10.5 Å². The summed E-state index contributed by atoms with van der Waals surface area (Å²) in [6.07, 6.45) is 2.97. The molecule has 1 heterocycles. The van der Waals surface area contributed by atoms with Gasteiger partial charge in [0.15, 0.2) is 6.61 Å². The van der Waals surface area contributed by atoms with Crippen LogP contribution in [-0.2, 0) is 16.0 Å². The number of benzene rings is 3. The van der Waals surface area contributed by atoms with E-state index in [0.717, 1.165) is 30.0 Å². The first-order chi connectivity index (χ1) is 14.6. The Morgan fingerprint density at radius 2 is 1.57 bits per heavy atom. The van der Waals surface area contributed by atoms with Gasteiger partial charge in [-0.05, 0) is 53.6 Å². The molecule has 0 saturated carbocycles. The monoisotopic (exact) mass is 402 g/mol. The lowest BCUT2D eigenvalue weighted by Crippen LogP contribution is -2.41. The Kier molecular flexibility index (Phi) is 5.98. The van der Waals surface area contributed by atoms with Gasteiger partial charge in [0, 0.05) is 18.8 Å². The second-order valence-electron chi connectivity index (χ2n) is 7.88. The van der Waals surface area contributed by atoms with Crippen molar-refractivity contribution >= 4 is 28.3 Å². The quantitative estimate of drug-likeness (QED) is 0.516. The Hall–Kier alpha value is -3.34. The van der Waals surface area contributed by atoms with Gasteiger partial charge in [0.25, 0.3) is 5.91 Å². The van der Waals surface area contributed by atoms with Crippen molar-refractivity contribution in [2.24, 2.45) is 5.92 Å². The van der Waals surface area contributed by atoms with Gasteiger partial charge in [0.2, 0.25) is 0 Å². The van der Waals surface area contributed by atoms with Gasteiger partial charge in [-0.15, -0.1) is 0 Å². The van der Waals surface area contributed by atoms with Crippen LogP contribution in [0.1, 0.15) is 28.8 Å². The molecule has 4 rings (SSSR count). The van der Waals surface area contributed by atoms with Crippen molar-refractivity contribution in [2.45, 2.75) is 19.3 Å². The van der Waals surface area contributed by atoms with Gasteiger partial charge in [0.05, 0.1) is 5.56 Å². The highest BCUT2D eigenvalue weighted by atomic mass is 16.5. The number of fused-ring (bicyclic) bond motifs is 1. The highest BCUT2D eigenvalue weighted by Gasteiger charge is 2.24. The predicted octanol–water partition coefficient (Wildman–Crippen LogP) is 4.06. The van der Waals surface area contributed by atoms with E-state index in [1.165, 1.54) is 5.56 Å². The molecule has 0 aliphatic carbocycles. The molecule has 0 aromatic heterocycles. The molecule has 2 N–H and O–H groups in total. The van der Waals surface area contributed by atoms with E-state index in [9.17, 15) is 9.59 Å². The van der Waals surface area contributed by atoms with E-state index in [-0.39, 0.29) is 12.5 Å². The molecule has 3 aromatic rings. The van der Waals surface area contributed by atoms with Gasteiger partial charge < -0.3 is 15.4 Å². The molecule has 1 aliphatic rings. The maximum Gasteiger partial charge on any atom is 0.340 e. The number of piperidine rings is 1. The van der Waals surface area contributed by atoms with Gasteiger partial charge >= 0.3 is 5.97 Å². The molecule has 3 aromatic carbocycles.